The Bertz CT molecular complexity index is 1190. The van der Waals surface area contributed by atoms with E-state index in [1.165, 1.54) is 4.90 Å². The Balaban J connectivity index is 0.000000550. The number of nitrogens with zero attached hydrogens (tertiary/aromatic N) is 2. The van der Waals surface area contributed by atoms with Gasteiger partial charge in [0, 0.05) is 56.4 Å². The highest BCUT2D eigenvalue weighted by molar-refractivity contribution is 7.90. The van der Waals surface area contributed by atoms with Crippen molar-refractivity contribution in [3.63, 3.8) is 0 Å². The van der Waals surface area contributed by atoms with Crippen LogP contribution in [0.15, 0.2) is 24.3 Å². The quantitative estimate of drug-likeness (QED) is 0.251. The monoisotopic (exact) mass is 575 g/mol. The average Bonchev–Trinajstić information content (AvgIpc) is 3.37. The van der Waals surface area contributed by atoms with Gasteiger partial charge in [0.25, 0.3) is 0 Å². The molecule has 2 aliphatic rings. The number of halogens is 6. The minimum Gasteiger partial charge on any atom is -0.478 e. The van der Waals surface area contributed by atoms with Gasteiger partial charge in [0.2, 0.25) is 5.91 Å². The SMILES string of the molecule is N[C@@H](CC(=O)N1CC[C@H]2CN(S(=O)(=O)C(F)(F)F)C[C@H]21)Cc1cc(F)c(F)cc1F.O=C(O)C=CC(=O)O. The zero-order valence-corrected chi connectivity index (χ0v) is 20.2. The van der Waals surface area contributed by atoms with Crippen molar-refractivity contribution >= 4 is 27.9 Å². The average molecular weight is 575 g/mol. The van der Waals surface area contributed by atoms with Crippen LogP contribution in [0.1, 0.15) is 18.4 Å². The van der Waals surface area contributed by atoms with Crippen LogP contribution in [0.25, 0.3) is 0 Å². The molecule has 2 saturated heterocycles. The third-order valence-electron chi connectivity index (χ3n) is 5.84. The molecule has 2 heterocycles. The molecule has 4 N–H and O–H groups in total. The topological polar surface area (TPSA) is 158 Å². The number of hydrogen-bond acceptors (Lipinski definition) is 6. The lowest BCUT2D eigenvalue weighted by Gasteiger charge is -2.26. The Morgan fingerprint density at radius 2 is 1.58 bits per heavy atom. The fourth-order valence-corrected chi connectivity index (χ4v) is 5.16. The molecule has 1 aromatic carbocycles. The number of sulfonamides is 1. The first-order chi connectivity index (χ1) is 17.4. The molecule has 10 nitrogen and oxygen atoms in total. The predicted molar refractivity (Wildman–Crippen MR) is 117 cm³/mol. The summed E-state index contributed by atoms with van der Waals surface area (Å²) in [6.07, 6.45) is 0.886. The van der Waals surface area contributed by atoms with Gasteiger partial charge >= 0.3 is 27.5 Å². The molecule has 3 atom stereocenters. The van der Waals surface area contributed by atoms with E-state index in [2.05, 4.69) is 0 Å². The number of carboxylic acids is 2. The molecule has 0 aromatic heterocycles. The second kappa shape index (κ2) is 12.1. The second-order valence-electron chi connectivity index (χ2n) is 8.51. The largest absolute Gasteiger partial charge is 0.511 e. The molecular weight excluding hydrogens is 552 g/mol. The molecule has 0 spiro atoms. The number of hydrogen-bond donors (Lipinski definition) is 3. The molecule has 3 rings (SSSR count). The van der Waals surface area contributed by atoms with E-state index in [-0.39, 0.29) is 31.5 Å². The fraction of sp³-hybridized carbons (Fsp3) is 0.476. The molecule has 0 saturated carbocycles. The van der Waals surface area contributed by atoms with E-state index in [1.807, 2.05) is 0 Å². The zero-order valence-electron chi connectivity index (χ0n) is 19.4. The van der Waals surface area contributed by atoms with Gasteiger partial charge in [-0.15, -0.1) is 0 Å². The summed E-state index contributed by atoms with van der Waals surface area (Å²) in [6, 6.07) is -0.634. The van der Waals surface area contributed by atoms with Crippen LogP contribution in [0.3, 0.4) is 0 Å². The first-order valence-corrected chi connectivity index (χ1v) is 12.3. The Kier molecular flexibility index (Phi) is 9.90. The highest BCUT2D eigenvalue weighted by Gasteiger charge is 2.55. The van der Waals surface area contributed by atoms with Crippen molar-refractivity contribution in [2.45, 2.75) is 36.9 Å². The first kappa shape index (κ1) is 31.0. The third-order valence-corrected chi connectivity index (χ3v) is 7.41. The third kappa shape index (κ3) is 7.67. The molecule has 1 aromatic rings. The molecule has 0 radical (unpaired) electrons. The maximum absolute atomic E-state index is 13.7. The van der Waals surface area contributed by atoms with Crippen molar-refractivity contribution in [2.24, 2.45) is 11.7 Å². The van der Waals surface area contributed by atoms with Crippen molar-refractivity contribution in [2.75, 3.05) is 19.6 Å². The van der Waals surface area contributed by atoms with Crippen molar-refractivity contribution in [3.8, 4) is 0 Å². The number of carbonyl (C=O) groups excluding carboxylic acids is 1. The minimum absolute atomic E-state index is 0.211. The predicted octanol–water partition coefficient (Wildman–Crippen LogP) is 1.46. The summed E-state index contributed by atoms with van der Waals surface area (Å²) in [5.41, 5.74) is 0.206. The van der Waals surface area contributed by atoms with E-state index in [4.69, 9.17) is 15.9 Å². The number of amides is 1. The first-order valence-electron chi connectivity index (χ1n) is 10.8. The number of rotatable bonds is 7. The summed E-state index contributed by atoms with van der Waals surface area (Å²) in [5.74, 6) is -7.09. The van der Waals surface area contributed by atoms with Gasteiger partial charge < -0.3 is 20.8 Å². The van der Waals surface area contributed by atoms with E-state index in [1.54, 1.807) is 0 Å². The van der Waals surface area contributed by atoms with Gasteiger partial charge in [0.1, 0.15) is 5.82 Å². The Labute approximate surface area is 212 Å². The highest BCUT2D eigenvalue weighted by Crippen LogP contribution is 2.37. The second-order valence-corrected chi connectivity index (χ2v) is 10.4. The maximum atomic E-state index is 13.7. The van der Waals surface area contributed by atoms with Crippen LogP contribution in [-0.4, -0.2) is 82.9 Å². The van der Waals surface area contributed by atoms with Gasteiger partial charge in [-0.3, -0.25) is 4.79 Å². The van der Waals surface area contributed by atoms with E-state index in [0.29, 0.717) is 35.0 Å². The van der Waals surface area contributed by atoms with Gasteiger partial charge in [-0.05, 0) is 30.4 Å². The number of fused-ring (bicyclic) bond motifs is 1. The Morgan fingerprint density at radius 1 is 1.03 bits per heavy atom. The smallest absolute Gasteiger partial charge is 0.478 e. The van der Waals surface area contributed by atoms with Crippen molar-refractivity contribution in [3.05, 3.63) is 47.3 Å². The normalized spacial score (nSPS) is 20.7. The summed E-state index contributed by atoms with van der Waals surface area (Å²) < 4.78 is 102. The molecule has 38 heavy (non-hydrogen) atoms. The van der Waals surface area contributed by atoms with Crippen molar-refractivity contribution in [1.82, 2.24) is 9.21 Å². The summed E-state index contributed by atoms with van der Waals surface area (Å²) in [6.45, 7) is -0.561. The van der Waals surface area contributed by atoms with Crippen LogP contribution in [0.2, 0.25) is 0 Å². The number of alkyl halides is 3. The number of aliphatic carboxylic acids is 2. The van der Waals surface area contributed by atoms with Crippen LogP contribution in [0, 0.1) is 23.4 Å². The van der Waals surface area contributed by atoms with Gasteiger partial charge in [-0.1, -0.05) is 0 Å². The lowest BCUT2D eigenvalue weighted by atomic mass is 10.0. The molecule has 2 fully saturated rings. The van der Waals surface area contributed by atoms with E-state index >= 15 is 0 Å². The lowest BCUT2D eigenvalue weighted by Crippen LogP contribution is -2.45. The summed E-state index contributed by atoms with van der Waals surface area (Å²) in [5, 5.41) is 15.6. The van der Waals surface area contributed by atoms with Crippen LogP contribution in [0.4, 0.5) is 26.3 Å². The van der Waals surface area contributed by atoms with Crippen LogP contribution in [0.5, 0.6) is 0 Å². The van der Waals surface area contributed by atoms with Crippen molar-refractivity contribution < 1.29 is 59.4 Å². The maximum Gasteiger partial charge on any atom is 0.511 e. The standard InChI is InChI=1S/C17H19F6N3O3S.C4H4O4/c18-12-6-14(20)13(19)4-10(12)3-11(24)5-16(27)26-2-1-9-7-25(8-15(9)26)30(28,29)17(21,22)23;5-3(6)1-2-4(7)8/h4,6,9,11,15H,1-3,5,7-8,24H2;1-2H,(H,5,6)(H,7,8)/t9-,11+,15+;/m0./s1. The van der Waals surface area contributed by atoms with E-state index < -0.39 is 75.4 Å². The molecule has 2 aliphatic heterocycles. The van der Waals surface area contributed by atoms with Crippen LogP contribution < -0.4 is 5.73 Å². The van der Waals surface area contributed by atoms with E-state index in [0.717, 1.165) is 0 Å². The summed E-state index contributed by atoms with van der Waals surface area (Å²) in [4.78, 5) is 33.0. The highest BCUT2D eigenvalue weighted by atomic mass is 32.2. The Morgan fingerprint density at radius 3 is 2.11 bits per heavy atom. The van der Waals surface area contributed by atoms with Gasteiger partial charge in [-0.25, -0.2) is 31.2 Å². The molecule has 0 aliphatic carbocycles. The summed E-state index contributed by atoms with van der Waals surface area (Å²) >= 11 is 0. The fourth-order valence-electron chi connectivity index (χ4n) is 4.13. The van der Waals surface area contributed by atoms with Crippen LogP contribution >= 0.6 is 0 Å². The molecule has 17 heteroatoms. The van der Waals surface area contributed by atoms with Gasteiger partial charge in [0.05, 0.1) is 0 Å². The zero-order chi connectivity index (χ0) is 29.0. The molecular formula is C21H23F6N3O7S. The number of carbonyl (C=O) groups is 3. The lowest BCUT2D eigenvalue weighted by molar-refractivity contribution is -0.134. The molecule has 1 amide bonds. The minimum atomic E-state index is -5.48. The molecule has 0 unspecified atom stereocenters. The van der Waals surface area contributed by atoms with E-state index in [9.17, 15) is 49.1 Å². The number of likely N-dealkylation sites (tertiary alicyclic amines) is 1. The van der Waals surface area contributed by atoms with Gasteiger partial charge in [-0.2, -0.15) is 17.5 Å². The Hall–Kier alpha value is -3.18. The molecule has 212 valence electrons. The van der Waals surface area contributed by atoms with Crippen molar-refractivity contribution in [1.29, 1.82) is 0 Å². The number of nitrogens with two attached hydrogens (primary N) is 1. The number of carboxylic acid groups (broad SMARTS) is 2. The summed E-state index contributed by atoms with van der Waals surface area (Å²) in [7, 11) is -5.48. The van der Waals surface area contributed by atoms with Gasteiger partial charge in [0.15, 0.2) is 11.6 Å². The molecule has 0 bridgehead atoms. The number of benzene rings is 1. The van der Waals surface area contributed by atoms with Crippen LogP contribution in [-0.2, 0) is 30.8 Å².